The molecule has 8 heteroatoms. The lowest BCUT2D eigenvalue weighted by atomic mass is 10.2. The van der Waals surface area contributed by atoms with Crippen LogP contribution in [0.4, 0.5) is 0 Å². The topological polar surface area (TPSA) is 113 Å². The number of hydrogen-bond acceptors (Lipinski definition) is 6. The molecule has 0 radical (unpaired) electrons. The van der Waals surface area contributed by atoms with Crippen LogP contribution in [0.3, 0.4) is 0 Å². The van der Waals surface area contributed by atoms with Crippen molar-refractivity contribution in [3.05, 3.63) is 5.82 Å². The van der Waals surface area contributed by atoms with Gasteiger partial charge in [0.25, 0.3) is 11.7 Å². The first kappa shape index (κ1) is 11.5. The zero-order chi connectivity index (χ0) is 11.1. The molecule has 3 N–H and O–H groups in total. The molecule has 0 aliphatic rings. The Labute approximate surface area is 86.0 Å². The third-order valence-corrected chi connectivity index (χ3v) is 1.67. The Morgan fingerprint density at radius 3 is 3.13 bits per heavy atom. The van der Waals surface area contributed by atoms with Crippen molar-refractivity contribution in [3.8, 4) is 0 Å². The van der Waals surface area contributed by atoms with Crippen molar-refractivity contribution < 1.29 is 14.6 Å². The van der Waals surface area contributed by atoms with E-state index in [2.05, 4.69) is 25.9 Å². The molecule has 1 aromatic heterocycles. The van der Waals surface area contributed by atoms with E-state index in [9.17, 15) is 9.90 Å². The smallest absolute Gasteiger partial charge is 0.292 e. The van der Waals surface area contributed by atoms with Gasteiger partial charge in [-0.25, -0.2) is 0 Å². The molecule has 1 aromatic rings. The quantitative estimate of drug-likeness (QED) is 0.522. The fourth-order valence-electron chi connectivity index (χ4n) is 0.965. The number of rotatable bonds is 6. The van der Waals surface area contributed by atoms with Gasteiger partial charge in [0, 0.05) is 13.7 Å². The van der Waals surface area contributed by atoms with Gasteiger partial charge < -0.3 is 15.2 Å². The Bertz CT molecular complexity index is 289. The summed E-state index contributed by atoms with van der Waals surface area (Å²) in [6, 6.07) is 0. The van der Waals surface area contributed by atoms with Gasteiger partial charge in [0.15, 0.2) is 0 Å². The summed E-state index contributed by atoms with van der Waals surface area (Å²) >= 11 is 0. The van der Waals surface area contributed by atoms with Gasteiger partial charge in [-0.3, -0.25) is 4.79 Å². The number of methoxy groups -OCH3 is 1. The maximum absolute atomic E-state index is 11.2. The molecule has 0 fully saturated rings. The number of tetrazole rings is 1. The Morgan fingerprint density at radius 2 is 2.53 bits per heavy atom. The second kappa shape index (κ2) is 6.04. The lowest BCUT2D eigenvalue weighted by Crippen LogP contribution is -2.29. The molecule has 1 unspecified atom stereocenters. The van der Waals surface area contributed by atoms with Gasteiger partial charge in [0.1, 0.15) is 0 Å². The van der Waals surface area contributed by atoms with Crippen LogP contribution in [0.1, 0.15) is 17.0 Å². The first-order valence-electron chi connectivity index (χ1n) is 4.42. The number of amides is 1. The second-order valence-corrected chi connectivity index (χ2v) is 2.89. The maximum Gasteiger partial charge on any atom is 0.292 e. The van der Waals surface area contributed by atoms with Crippen LogP contribution < -0.4 is 5.32 Å². The number of aromatic nitrogens is 4. The highest BCUT2D eigenvalue weighted by Gasteiger charge is 2.10. The average Bonchev–Trinajstić information content (AvgIpc) is 2.70. The van der Waals surface area contributed by atoms with E-state index in [-0.39, 0.29) is 12.4 Å². The van der Waals surface area contributed by atoms with Crippen LogP contribution in [0.2, 0.25) is 0 Å². The monoisotopic (exact) mass is 215 g/mol. The zero-order valence-corrected chi connectivity index (χ0v) is 8.30. The van der Waals surface area contributed by atoms with E-state index in [1.54, 1.807) is 0 Å². The second-order valence-electron chi connectivity index (χ2n) is 2.89. The molecule has 0 aliphatic carbocycles. The van der Waals surface area contributed by atoms with Crippen molar-refractivity contribution in [3.63, 3.8) is 0 Å². The van der Waals surface area contributed by atoms with E-state index in [1.165, 1.54) is 7.11 Å². The molecule has 0 spiro atoms. The van der Waals surface area contributed by atoms with Crippen molar-refractivity contribution in [1.29, 1.82) is 0 Å². The van der Waals surface area contributed by atoms with E-state index in [0.717, 1.165) is 0 Å². The molecule has 8 nitrogen and oxygen atoms in total. The van der Waals surface area contributed by atoms with Crippen LogP contribution in [0.15, 0.2) is 0 Å². The summed E-state index contributed by atoms with van der Waals surface area (Å²) in [4.78, 5) is 11.2. The third-order valence-electron chi connectivity index (χ3n) is 1.67. The molecule has 1 heterocycles. The highest BCUT2D eigenvalue weighted by atomic mass is 16.5. The van der Waals surface area contributed by atoms with E-state index in [1.807, 2.05) is 0 Å². The van der Waals surface area contributed by atoms with Gasteiger partial charge in [0.05, 0.1) is 12.7 Å². The minimum atomic E-state index is -0.583. The minimum Gasteiger partial charge on any atom is -0.391 e. The number of H-pyrrole nitrogens is 1. The Hall–Kier alpha value is -1.54. The van der Waals surface area contributed by atoms with Crippen LogP contribution in [0.25, 0.3) is 0 Å². The molecule has 0 saturated carbocycles. The summed E-state index contributed by atoms with van der Waals surface area (Å²) in [5.41, 5.74) is 0. The first-order valence-corrected chi connectivity index (χ1v) is 4.42. The molecule has 15 heavy (non-hydrogen) atoms. The number of hydrogen-bond donors (Lipinski definition) is 3. The molecule has 1 rings (SSSR count). The van der Waals surface area contributed by atoms with Gasteiger partial charge in [-0.2, -0.15) is 5.21 Å². The molecule has 0 aromatic carbocycles. The first-order chi connectivity index (χ1) is 7.24. The van der Waals surface area contributed by atoms with Crippen LogP contribution in [0.5, 0.6) is 0 Å². The highest BCUT2D eigenvalue weighted by Crippen LogP contribution is 1.91. The Morgan fingerprint density at radius 1 is 1.73 bits per heavy atom. The van der Waals surface area contributed by atoms with Gasteiger partial charge in [-0.15, -0.1) is 10.2 Å². The van der Waals surface area contributed by atoms with Crippen LogP contribution in [0, 0.1) is 0 Å². The SMILES string of the molecule is COCC(O)CCNC(=O)c1nn[nH]n1. The minimum absolute atomic E-state index is 0.0174. The van der Waals surface area contributed by atoms with Gasteiger partial charge in [-0.1, -0.05) is 0 Å². The molecular weight excluding hydrogens is 202 g/mol. The number of carbonyl (C=O) groups is 1. The molecule has 0 saturated heterocycles. The summed E-state index contributed by atoms with van der Waals surface area (Å²) in [5.74, 6) is -0.440. The largest absolute Gasteiger partial charge is 0.391 e. The van der Waals surface area contributed by atoms with Crippen LogP contribution in [-0.4, -0.2) is 58.0 Å². The van der Waals surface area contributed by atoms with E-state index in [4.69, 9.17) is 4.74 Å². The Kier molecular flexibility index (Phi) is 4.64. The normalized spacial score (nSPS) is 12.4. The van der Waals surface area contributed by atoms with Crippen LogP contribution >= 0.6 is 0 Å². The lowest BCUT2D eigenvalue weighted by molar-refractivity contribution is 0.0587. The average molecular weight is 215 g/mol. The zero-order valence-electron chi connectivity index (χ0n) is 8.30. The van der Waals surface area contributed by atoms with Gasteiger partial charge >= 0.3 is 0 Å². The number of aliphatic hydroxyl groups is 1. The molecule has 0 aliphatic heterocycles. The van der Waals surface area contributed by atoms with E-state index >= 15 is 0 Å². The summed E-state index contributed by atoms with van der Waals surface area (Å²) in [6.45, 7) is 0.579. The summed E-state index contributed by atoms with van der Waals surface area (Å²) in [7, 11) is 1.50. The highest BCUT2D eigenvalue weighted by molar-refractivity contribution is 5.89. The van der Waals surface area contributed by atoms with Crippen molar-refractivity contribution in [2.75, 3.05) is 20.3 Å². The maximum atomic E-state index is 11.2. The predicted octanol–water partition coefficient (Wildman–Crippen LogP) is -1.67. The summed E-state index contributed by atoms with van der Waals surface area (Å²) in [5, 5.41) is 24.2. The molecular formula is C7H13N5O3. The molecule has 0 bridgehead atoms. The number of carbonyl (C=O) groups excluding carboxylic acids is 1. The third kappa shape index (κ3) is 4.00. The molecule has 84 valence electrons. The number of ether oxygens (including phenoxy) is 1. The summed E-state index contributed by atoms with van der Waals surface area (Å²) < 4.78 is 4.73. The number of aliphatic hydroxyl groups excluding tert-OH is 1. The van der Waals surface area contributed by atoms with Gasteiger partial charge in [0.2, 0.25) is 0 Å². The van der Waals surface area contributed by atoms with Crippen molar-refractivity contribution in [2.24, 2.45) is 0 Å². The van der Waals surface area contributed by atoms with E-state index < -0.39 is 12.0 Å². The standard InChI is InChI=1S/C7H13N5O3/c1-15-4-5(13)2-3-8-7(14)6-9-11-12-10-6/h5,13H,2-4H2,1H3,(H,8,14)(H,9,10,11,12). The lowest BCUT2D eigenvalue weighted by Gasteiger charge is -2.08. The summed E-state index contributed by atoms with van der Waals surface area (Å²) in [6.07, 6.45) is -0.169. The van der Waals surface area contributed by atoms with Crippen molar-refractivity contribution in [1.82, 2.24) is 25.9 Å². The number of aromatic amines is 1. The fourth-order valence-corrected chi connectivity index (χ4v) is 0.965. The van der Waals surface area contributed by atoms with E-state index in [0.29, 0.717) is 13.0 Å². The van der Waals surface area contributed by atoms with Crippen LogP contribution in [-0.2, 0) is 4.74 Å². The predicted molar refractivity (Wildman–Crippen MR) is 49.0 cm³/mol. The number of nitrogens with zero attached hydrogens (tertiary/aromatic N) is 3. The van der Waals surface area contributed by atoms with Gasteiger partial charge in [-0.05, 0) is 11.6 Å². The molecule has 1 atom stereocenters. The molecule has 1 amide bonds. The van der Waals surface area contributed by atoms with Crippen molar-refractivity contribution in [2.45, 2.75) is 12.5 Å². The number of nitrogens with one attached hydrogen (secondary N) is 2. The Balaban J connectivity index is 2.18. The fraction of sp³-hybridized carbons (Fsp3) is 0.714. The van der Waals surface area contributed by atoms with Crippen molar-refractivity contribution >= 4 is 5.91 Å².